The van der Waals surface area contributed by atoms with Crippen LogP contribution in [0.3, 0.4) is 0 Å². The number of pyridine rings is 1. The first-order valence-electron chi connectivity index (χ1n) is 26.4. The molecule has 0 spiro atoms. The molecule has 9 rings (SSSR count). The molecule has 0 N–H and O–H groups in total. The molecule has 0 bridgehead atoms. The van der Waals surface area contributed by atoms with Gasteiger partial charge >= 0.3 is 0 Å². The van der Waals surface area contributed by atoms with Gasteiger partial charge in [0.05, 0.1) is 30.5 Å². The van der Waals surface area contributed by atoms with Crippen LogP contribution in [0.1, 0.15) is 101 Å². The molecular weight excluding hydrogens is 999 g/mol. The minimum atomic E-state index is -2.51. The minimum absolute atomic E-state index is 0. The molecule has 6 heteroatoms. The number of fused-ring (bicyclic) bond motifs is 4. The van der Waals surface area contributed by atoms with Crippen molar-refractivity contribution in [1.29, 1.82) is 0 Å². The summed E-state index contributed by atoms with van der Waals surface area (Å²) in [5, 5.41) is 2.77. The van der Waals surface area contributed by atoms with E-state index >= 15 is 0 Å². The van der Waals surface area contributed by atoms with Crippen molar-refractivity contribution in [2.75, 3.05) is 0 Å². The van der Waals surface area contributed by atoms with Gasteiger partial charge in [-0.3, -0.25) is 4.98 Å². The van der Waals surface area contributed by atoms with Gasteiger partial charge in [-0.1, -0.05) is 173 Å². The number of hydrogen-bond acceptors (Lipinski definition) is 3. The molecule has 0 saturated carbocycles. The number of rotatable bonds is 6. The second-order valence-corrected chi connectivity index (χ2v) is 26.3. The maximum absolute atomic E-state index is 8.73. The molecule has 9 aromatic rings. The van der Waals surface area contributed by atoms with Crippen LogP contribution in [0.15, 0.2) is 132 Å². The first-order chi connectivity index (χ1) is 33.8. The molecule has 0 aliphatic carbocycles. The summed E-state index contributed by atoms with van der Waals surface area (Å²) in [5.74, 6) is 0.657. The number of aromatic nitrogens is 3. The zero-order chi connectivity index (χ0) is 53.4. The van der Waals surface area contributed by atoms with Crippen LogP contribution in [0.4, 0.5) is 0 Å². The monoisotopic (exact) mass is 1070 g/mol. The normalized spacial score (nSPS) is 14.7. The average molecular weight is 1070 g/mol. The Labute approximate surface area is 419 Å². The summed E-state index contributed by atoms with van der Waals surface area (Å²) >= 11 is 0. The second kappa shape index (κ2) is 18.4. The van der Waals surface area contributed by atoms with E-state index in [1.165, 1.54) is 22.4 Å². The molecule has 1 radical (unpaired) electrons. The second-order valence-electron chi connectivity index (χ2n) is 21.2. The summed E-state index contributed by atoms with van der Waals surface area (Å²) in [5.41, 5.74) is 9.62. The molecule has 0 atom stereocenters. The van der Waals surface area contributed by atoms with Gasteiger partial charge in [0.1, 0.15) is 5.58 Å². The van der Waals surface area contributed by atoms with Crippen LogP contribution >= 0.6 is 0 Å². The Balaban J connectivity index is 0.000000320. The standard InChI is InChI=1S/C45H47N2O.C15H18NSi.Ir/c1-28-32(30-20-18-29(19-21-30)27-43(2,3)4)23-24-34-33-14-13-15-35(41(33)48-40(28)34)42-46-37-16-11-12-17-39(37)47(42)38-25-22-31(44(5,6)7)26-36(38)45(8,9)10;1-12-5-7-13(8-6-12)15-10-9-14(11-16-15)17(2,3)4;/h11-14,16-26H,27H2,1-10H3;5-7,9-11H,1-4H3;/q2*-1;/i1D3,27D2;1D3;. The number of aryl methyl sites for hydroxylation is 2. The van der Waals surface area contributed by atoms with Gasteiger partial charge in [0.25, 0.3) is 0 Å². The molecular formula is C60H65IrN3OSi-2. The van der Waals surface area contributed by atoms with Crippen molar-refractivity contribution in [2.45, 2.75) is 113 Å². The third-order valence-electron chi connectivity index (χ3n) is 11.7. The molecule has 0 aliphatic rings. The van der Waals surface area contributed by atoms with Crippen molar-refractivity contribution in [3.05, 3.63) is 167 Å². The maximum atomic E-state index is 8.73. The van der Waals surface area contributed by atoms with Gasteiger partial charge in [-0.05, 0) is 91.9 Å². The van der Waals surface area contributed by atoms with Gasteiger partial charge in [-0.15, -0.1) is 53.6 Å². The average Bonchev–Trinajstić information content (AvgIpc) is 3.88. The molecule has 6 aromatic carbocycles. The van der Waals surface area contributed by atoms with E-state index in [9.17, 15) is 0 Å². The Kier molecular flexibility index (Phi) is 10.8. The summed E-state index contributed by atoms with van der Waals surface area (Å²) in [6.07, 6.45) is 0.347. The van der Waals surface area contributed by atoms with Crippen LogP contribution in [-0.4, -0.2) is 22.6 Å². The van der Waals surface area contributed by atoms with Crippen LogP contribution in [0, 0.1) is 31.3 Å². The summed E-state index contributed by atoms with van der Waals surface area (Å²) in [7, 11) is -1.34. The summed E-state index contributed by atoms with van der Waals surface area (Å²) in [6.45, 7) is 21.2. The maximum Gasteiger partial charge on any atom is 0.124 e. The van der Waals surface area contributed by atoms with E-state index in [4.69, 9.17) is 20.4 Å². The van der Waals surface area contributed by atoms with E-state index in [1.54, 1.807) is 36.4 Å². The number of imidazole rings is 1. The van der Waals surface area contributed by atoms with Crippen LogP contribution in [0.25, 0.3) is 72.4 Å². The fourth-order valence-corrected chi connectivity index (χ4v) is 9.23. The summed E-state index contributed by atoms with van der Waals surface area (Å²) < 4.78 is 74.5. The number of hydrogen-bond donors (Lipinski definition) is 0. The summed E-state index contributed by atoms with van der Waals surface area (Å²) in [6, 6.07) is 44.9. The minimum Gasteiger partial charge on any atom is -0.500 e. The summed E-state index contributed by atoms with van der Waals surface area (Å²) in [4.78, 5) is 9.66. The van der Waals surface area contributed by atoms with Gasteiger partial charge < -0.3 is 14.0 Å². The zero-order valence-corrected chi connectivity index (χ0v) is 43.6. The van der Waals surface area contributed by atoms with Crippen LogP contribution in [0.5, 0.6) is 0 Å². The molecule has 3 heterocycles. The molecule has 66 heavy (non-hydrogen) atoms. The van der Waals surface area contributed by atoms with Crippen molar-refractivity contribution in [2.24, 2.45) is 5.41 Å². The first kappa shape index (κ1) is 38.7. The van der Waals surface area contributed by atoms with Crippen LogP contribution in [-0.2, 0) is 37.3 Å². The third-order valence-corrected chi connectivity index (χ3v) is 13.8. The van der Waals surface area contributed by atoms with E-state index in [0.717, 1.165) is 33.4 Å². The molecule has 341 valence electrons. The van der Waals surface area contributed by atoms with E-state index in [-0.39, 0.29) is 36.5 Å². The van der Waals surface area contributed by atoms with Gasteiger partial charge in [-0.2, -0.15) is 0 Å². The molecule has 0 aliphatic heterocycles. The smallest absolute Gasteiger partial charge is 0.124 e. The van der Waals surface area contributed by atoms with Gasteiger partial charge in [0, 0.05) is 48.3 Å². The largest absolute Gasteiger partial charge is 0.500 e. The number of nitrogens with zero attached hydrogens (tertiary/aromatic N) is 3. The zero-order valence-electron chi connectivity index (χ0n) is 48.2. The molecule has 0 fully saturated rings. The predicted molar refractivity (Wildman–Crippen MR) is 280 cm³/mol. The first-order valence-corrected chi connectivity index (χ1v) is 25.9. The molecule has 4 nitrogen and oxygen atoms in total. The fourth-order valence-electron chi connectivity index (χ4n) is 8.19. The topological polar surface area (TPSA) is 43.9 Å². The molecule has 0 amide bonds. The van der Waals surface area contributed by atoms with Crippen molar-refractivity contribution in [1.82, 2.24) is 14.5 Å². The fraction of sp³-hybridized carbons (Fsp3) is 0.300. The van der Waals surface area contributed by atoms with Crippen molar-refractivity contribution < 1.29 is 35.5 Å². The van der Waals surface area contributed by atoms with Crippen LogP contribution < -0.4 is 5.19 Å². The van der Waals surface area contributed by atoms with E-state index < -0.39 is 33.6 Å². The third kappa shape index (κ3) is 10.1. The van der Waals surface area contributed by atoms with E-state index in [1.807, 2.05) is 75.5 Å². The van der Waals surface area contributed by atoms with E-state index in [2.05, 4.69) is 113 Å². The Hall–Kier alpha value is -5.39. The number of benzene rings is 6. The van der Waals surface area contributed by atoms with Crippen molar-refractivity contribution in [3.63, 3.8) is 0 Å². The quantitative estimate of drug-likeness (QED) is 0.123. The predicted octanol–water partition coefficient (Wildman–Crippen LogP) is 16.0. The van der Waals surface area contributed by atoms with Gasteiger partial charge in [0.2, 0.25) is 0 Å². The van der Waals surface area contributed by atoms with Gasteiger partial charge in [0.15, 0.2) is 0 Å². The number of furan rings is 1. The van der Waals surface area contributed by atoms with Crippen molar-refractivity contribution >= 4 is 46.2 Å². The van der Waals surface area contributed by atoms with Crippen molar-refractivity contribution in [3.8, 4) is 39.5 Å². The van der Waals surface area contributed by atoms with Gasteiger partial charge in [-0.25, -0.2) is 0 Å². The molecule has 0 unspecified atom stereocenters. The Morgan fingerprint density at radius 3 is 2.11 bits per heavy atom. The SMILES string of the molecule is [2H]C([2H])([2H])c1c(-c2ccc(C([2H])([2H])C(C)(C)C)cc2)ccc2c1oc1c(-c3nc4ccccc4n3-c3ccc(C(C)(C)C)cc3C(C)(C)C)[c-]ccc12.[2H]C([2H])([2H])c1c[c-]c(-c2ccc([Si](C)(C)C)cn2)cc1.[Ir]. The van der Waals surface area contributed by atoms with E-state index in [0.29, 0.717) is 50.2 Å². The Morgan fingerprint density at radius 1 is 0.742 bits per heavy atom. The molecule has 0 saturated heterocycles. The Morgan fingerprint density at radius 2 is 1.48 bits per heavy atom. The van der Waals surface area contributed by atoms with Crippen LogP contribution in [0.2, 0.25) is 19.6 Å². The number of para-hydroxylation sites is 2. The molecule has 3 aromatic heterocycles. The Bertz CT molecular complexity index is 3420.